The zero-order valence-corrected chi connectivity index (χ0v) is 19.5. The Labute approximate surface area is 181 Å². The topological polar surface area (TPSA) is 50.8 Å². The molecule has 3 fully saturated rings. The number of hydrogen-bond donors (Lipinski definition) is 1. The highest BCUT2D eigenvalue weighted by Crippen LogP contribution is 2.70. The number of carbonyl (C=O) groups is 1. The van der Waals surface area contributed by atoms with Gasteiger partial charge in [-0.05, 0) is 80.6 Å². The minimum absolute atomic E-state index is 0.0276. The zero-order chi connectivity index (χ0) is 21.7. The van der Waals surface area contributed by atoms with E-state index in [9.17, 15) is 4.79 Å². The fourth-order valence-corrected chi connectivity index (χ4v) is 6.87. The van der Waals surface area contributed by atoms with Gasteiger partial charge in [0.05, 0.1) is 12.7 Å². The van der Waals surface area contributed by atoms with E-state index in [1.807, 2.05) is 6.92 Å². The Hall–Kier alpha value is -1.59. The molecule has 4 rings (SSSR count). The maximum atomic E-state index is 12.1. The van der Waals surface area contributed by atoms with Crippen LogP contribution in [0.15, 0.2) is 18.2 Å². The van der Waals surface area contributed by atoms with E-state index in [1.54, 1.807) is 6.92 Å². The van der Waals surface area contributed by atoms with E-state index in [0.717, 1.165) is 31.7 Å². The van der Waals surface area contributed by atoms with Crippen molar-refractivity contribution in [1.82, 2.24) is 10.2 Å². The van der Waals surface area contributed by atoms with Crippen LogP contribution in [0.5, 0.6) is 5.75 Å². The minimum atomic E-state index is 0.0276. The van der Waals surface area contributed by atoms with Crippen molar-refractivity contribution in [3.05, 3.63) is 29.3 Å². The summed E-state index contributed by atoms with van der Waals surface area (Å²) in [5.74, 6) is 2.05. The molecule has 3 aliphatic rings. The third-order valence-electron chi connectivity index (χ3n) is 8.03. The second-order valence-electron chi connectivity index (χ2n) is 10.5. The van der Waals surface area contributed by atoms with Gasteiger partial charge in [-0.25, -0.2) is 0 Å². The summed E-state index contributed by atoms with van der Waals surface area (Å²) in [7, 11) is 4.19. The Kier molecular flexibility index (Phi) is 5.65. The summed E-state index contributed by atoms with van der Waals surface area (Å²) in [4.78, 5) is 14.3. The standard InChI is InChI=1S/C25H38N2O3/c1-7-29-21-9-8-17(15-27(5)6)12-19(21)22-20-13-18-14-25(20,10-11-30-22)23(24(18,3)4)26-16(2)28/h8-9,12,18,20,22-23H,7,10-11,13-15H2,1-6H3,(H,26,28)/t18-,20-,22-,23+,25-/m1/s1. The lowest BCUT2D eigenvalue weighted by atomic mass is 9.58. The second-order valence-corrected chi connectivity index (χ2v) is 10.5. The molecule has 1 heterocycles. The number of ether oxygens (including phenoxy) is 2. The Morgan fingerprint density at radius 2 is 2.10 bits per heavy atom. The Morgan fingerprint density at radius 1 is 1.33 bits per heavy atom. The van der Waals surface area contributed by atoms with Crippen LogP contribution in [0.1, 0.15) is 64.2 Å². The smallest absolute Gasteiger partial charge is 0.217 e. The molecule has 1 aromatic rings. The molecule has 1 aromatic carbocycles. The molecule has 1 aliphatic heterocycles. The highest BCUT2D eigenvalue weighted by atomic mass is 16.5. The van der Waals surface area contributed by atoms with Crippen LogP contribution in [0, 0.1) is 22.7 Å². The summed E-state index contributed by atoms with van der Waals surface area (Å²) in [6, 6.07) is 6.78. The van der Waals surface area contributed by atoms with Crippen LogP contribution in [0.2, 0.25) is 0 Å². The van der Waals surface area contributed by atoms with E-state index in [0.29, 0.717) is 18.4 Å². The summed E-state index contributed by atoms with van der Waals surface area (Å²) < 4.78 is 12.5. The van der Waals surface area contributed by atoms with Crippen molar-refractivity contribution in [2.24, 2.45) is 22.7 Å². The van der Waals surface area contributed by atoms with Gasteiger partial charge in [-0.3, -0.25) is 4.79 Å². The van der Waals surface area contributed by atoms with Crippen molar-refractivity contribution in [3.63, 3.8) is 0 Å². The van der Waals surface area contributed by atoms with Crippen LogP contribution in [0.4, 0.5) is 0 Å². The summed E-state index contributed by atoms with van der Waals surface area (Å²) in [6.07, 6.45) is 3.41. The lowest BCUT2D eigenvalue weighted by molar-refractivity contribution is -0.136. The number of hydrogen-bond acceptors (Lipinski definition) is 4. The predicted molar refractivity (Wildman–Crippen MR) is 118 cm³/mol. The van der Waals surface area contributed by atoms with Crippen molar-refractivity contribution < 1.29 is 14.3 Å². The van der Waals surface area contributed by atoms with Gasteiger partial charge in [-0.1, -0.05) is 19.9 Å². The van der Waals surface area contributed by atoms with Crippen molar-refractivity contribution >= 4 is 5.91 Å². The highest BCUT2D eigenvalue weighted by molar-refractivity contribution is 5.73. The lowest BCUT2D eigenvalue weighted by Crippen LogP contribution is -2.58. The fraction of sp³-hybridized carbons (Fsp3) is 0.720. The average Bonchev–Trinajstić information content (AvgIpc) is 3.15. The molecule has 0 unspecified atom stereocenters. The minimum Gasteiger partial charge on any atom is -0.493 e. The third-order valence-corrected chi connectivity index (χ3v) is 8.03. The van der Waals surface area contributed by atoms with Crippen molar-refractivity contribution in [3.8, 4) is 5.75 Å². The molecule has 2 bridgehead atoms. The van der Waals surface area contributed by atoms with Crippen molar-refractivity contribution in [2.45, 2.75) is 65.6 Å². The van der Waals surface area contributed by atoms with E-state index < -0.39 is 0 Å². The van der Waals surface area contributed by atoms with Crippen LogP contribution < -0.4 is 10.1 Å². The Balaban J connectivity index is 1.73. The van der Waals surface area contributed by atoms with Crippen LogP contribution in [-0.4, -0.2) is 44.2 Å². The predicted octanol–water partition coefficient (Wildman–Crippen LogP) is 4.17. The van der Waals surface area contributed by atoms with Gasteiger partial charge in [0.15, 0.2) is 0 Å². The molecular formula is C25H38N2O3. The van der Waals surface area contributed by atoms with Gasteiger partial charge in [0.25, 0.3) is 0 Å². The largest absolute Gasteiger partial charge is 0.493 e. The van der Waals surface area contributed by atoms with Gasteiger partial charge in [0.1, 0.15) is 5.75 Å². The quantitative estimate of drug-likeness (QED) is 0.759. The van der Waals surface area contributed by atoms with Gasteiger partial charge < -0.3 is 19.7 Å². The zero-order valence-electron chi connectivity index (χ0n) is 19.5. The Morgan fingerprint density at radius 3 is 2.77 bits per heavy atom. The molecule has 1 saturated heterocycles. The summed E-state index contributed by atoms with van der Waals surface area (Å²) in [6.45, 7) is 10.7. The van der Waals surface area contributed by atoms with Gasteiger partial charge in [0, 0.05) is 31.7 Å². The van der Waals surface area contributed by atoms with Gasteiger partial charge in [-0.15, -0.1) is 0 Å². The van der Waals surface area contributed by atoms with Gasteiger partial charge >= 0.3 is 0 Å². The van der Waals surface area contributed by atoms with E-state index in [1.165, 1.54) is 17.5 Å². The average molecular weight is 415 g/mol. The number of benzene rings is 1. The van der Waals surface area contributed by atoms with Crippen LogP contribution in [0.25, 0.3) is 0 Å². The molecule has 1 N–H and O–H groups in total. The highest BCUT2D eigenvalue weighted by Gasteiger charge is 2.68. The molecule has 30 heavy (non-hydrogen) atoms. The maximum Gasteiger partial charge on any atom is 0.217 e. The molecule has 0 aromatic heterocycles. The number of fused-ring (bicyclic) bond motifs is 1. The number of nitrogens with zero attached hydrogens (tertiary/aromatic N) is 1. The number of carbonyl (C=O) groups excluding carboxylic acids is 1. The molecule has 2 aliphatic carbocycles. The number of amides is 1. The second kappa shape index (κ2) is 7.83. The SMILES string of the molecule is CCOc1ccc(CN(C)C)cc1[C@H]1OCC[C@@]23C[C@@H](C[C@H]12)C(C)(C)[C@@H]3NC(C)=O. The number of nitrogens with one attached hydrogen (secondary N) is 1. The first-order chi connectivity index (χ1) is 14.2. The molecule has 5 atom stereocenters. The van der Waals surface area contributed by atoms with E-state index in [2.05, 4.69) is 56.4 Å². The molecule has 166 valence electrons. The molecular weight excluding hydrogens is 376 g/mol. The fourth-order valence-electron chi connectivity index (χ4n) is 6.87. The summed E-state index contributed by atoms with van der Waals surface area (Å²) >= 11 is 0. The van der Waals surface area contributed by atoms with Crippen molar-refractivity contribution in [1.29, 1.82) is 0 Å². The molecule has 5 nitrogen and oxygen atoms in total. The first-order valence-electron chi connectivity index (χ1n) is 11.5. The molecule has 1 amide bonds. The maximum absolute atomic E-state index is 12.1. The first kappa shape index (κ1) is 21.6. The van der Waals surface area contributed by atoms with Crippen LogP contribution in [-0.2, 0) is 16.1 Å². The molecule has 1 spiro atoms. The molecule has 5 heteroatoms. The lowest BCUT2D eigenvalue weighted by Gasteiger charge is -2.53. The summed E-state index contributed by atoms with van der Waals surface area (Å²) in [5.41, 5.74) is 2.71. The van der Waals surface area contributed by atoms with Gasteiger partial charge in [0.2, 0.25) is 5.91 Å². The van der Waals surface area contributed by atoms with E-state index in [-0.39, 0.29) is 28.9 Å². The monoisotopic (exact) mass is 414 g/mol. The Bertz CT molecular complexity index is 806. The van der Waals surface area contributed by atoms with Crippen LogP contribution >= 0.6 is 0 Å². The number of rotatable bonds is 6. The van der Waals surface area contributed by atoms with E-state index >= 15 is 0 Å². The molecule has 0 radical (unpaired) electrons. The van der Waals surface area contributed by atoms with Crippen molar-refractivity contribution in [2.75, 3.05) is 27.3 Å². The first-order valence-corrected chi connectivity index (χ1v) is 11.5. The van der Waals surface area contributed by atoms with Crippen LogP contribution in [0.3, 0.4) is 0 Å². The normalized spacial score (nSPS) is 34.1. The summed E-state index contributed by atoms with van der Waals surface area (Å²) in [5, 5.41) is 3.37. The molecule has 2 saturated carbocycles. The van der Waals surface area contributed by atoms with Gasteiger partial charge in [-0.2, -0.15) is 0 Å². The third kappa shape index (κ3) is 3.44. The van der Waals surface area contributed by atoms with E-state index in [4.69, 9.17) is 9.47 Å².